The molecule has 1 unspecified atom stereocenters. The summed E-state index contributed by atoms with van der Waals surface area (Å²) < 4.78 is 5.20. The molecule has 2 aromatic carbocycles. The lowest BCUT2D eigenvalue weighted by Gasteiger charge is -2.41. The smallest absolute Gasteiger partial charge is 0.274 e. The van der Waals surface area contributed by atoms with Gasteiger partial charge in [0, 0.05) is 31.9 Å². The molecular weight excluding hydrogens is 418 g/mol. The third kappa shape index (κ3) is 5.48. The first-order chi connectivity index (χ1) is 16.0. The van der Waals surface area contributed by atoms with Crippen LogP contribution in [0.2, 0.25) is 0 Å². The second-order valence-electron chi connectivity index (χ2n) is 7.94. The number of carbonyl (C=O) groups excluding carboxylic acids is 2. The number of methoxy groups -OCH3 is 1. The minimum absolute atomic E-state index is 0.208. The van der Waals surface area contributed by atoms with Crippen molar-refractivity contribution in [1.82, 2.24) is 15.2 Å². The number of nitrogens with zero attached hydrogens (tertiary/aromatic N) is 2. The molecular formula is C25H27N5O3. The maximum absolute atomic E-state index is 12.5. The largest absolute Gasteiger partial charge is 0.497 e. The van der Waals surface area contributed by atoms with Crippen molar-refractivity contribution in [1.29, 1.82) is 0 Å². The van der Waals surface area contributed by atoms with Gasteiger partial charge in [-0.1, -0.05) is 24.3 Å². The number of hydrogen-bond acceptors (Lipinski definition) is 6. The average Bonchev–Trinajstić information content (AvgIpc) is 2.83. The number of anilines is 2. The van der Waals surface area contributed by atoms with Crippen LogP contribution < -0.4 is 21.1 Å². The Balaban J connectivity index is 1.27. The zero-order chi connectivity index (χ0) is 23.2. The SMILES string of the molecule is COc1ccc(CN2CCC2CNC(=O)c2ccc(C(=O)Nc3ccccc3N)nc2)cc1. The number of hydrogen-bond donors (Lipinski definition) is 3. The highest BCUT2D eigenvalue weighted by Gasteiger charge is 2.28. The molecule has 4 rings (SSSR count). The first kappa shape index (κ1) is 22.3. The minimum Gasteiger partial charge on any atom is -0.497 e. The molecule has 33 heavy (non-hydrogen) atoms. The molecule has 0 saturated carbocycles. The Labute approximate surface area is 192 Å². The van der Waals surface area contributed by atoms with Crippen molar-refractivity contribution in [3.8, 4) is 5.75 Å². The number of nitrogens with one attached hydrogen (secondary N) is 2. The lowest BCUT2D eigenvalue weighted by molar-refractivity contribution is 0.0731. The van der Waals surface area contributed by atoms with E-state index in [4.69, 9.17) is 10.5 Å². The number of pyridine rings is 1. The molecule has 0 radical (unpaired) electrons. The van der Waals surface area contributed by atoms with Gasteiger partial charge in [-0.05, 0) is 48.4 Å². The Kier molecular flexibility index (Phi) is 6.85. The number of carbonyl (C=O) groups is 2. The summed E-state index contributed by atoms with van der Waals surface area (Å²) in [4.78, 5) is 31.4. The monoisotopic (exact) mass is 445 g/mol. The van der Waals surface area contributed by atoms with Crippen LogP contribution in [0, 0.1) is 0 Å². The highest BCUT2D eigenvalue weighted by molar-refractivity contribution is 6.04. The summed E-state index contributed by atoms with van der Waals surface area (Å²) in [6.45, 7) is 2.40. The zero-order valence-corrected chi connectivity index (χ0v) is 18.5. The quantitative estimate of drug-likeness (QED) is 0.460. The molecule has 8 heteroatoms. The van der Waals surface area contributed by atoms with E-state index in [0.717, 1.165) is 25.3 Å². The van der Waals surface area contributed by atoms with Crippen LogP contribution in [-0.4, -0.2) is 47.9 Å². The number of benzene rings is 2. The Hall–Kier alpha value is -3.91. The van der Waals surface area contributed by atoms with Crippen LogP contribution in [-0.2, 0) is 6.54 Å². The van der Waals surface area contributed by atoms with Gasteiger partial charge in [-0.3, -0.25) is 19.5 Å². The van der Waals surface area contributed by atoms with Gasteiger partial charge in [0.05, 0.1) is 24.0 Å². The molecule has 0 bridgehead atoms. The molecule has 1 aromatic heterocycles. The summed E-state index contributed by atoms with van der Waals surface area (Å²) >= 11 is 0. The van der Waals surface area contributed by atoms with Gasteiger partial charge in [-0.15, -0.1) is 0 Å². The average molecular weight is 446 g/mol. The predicted molar refractivity (Wildman–Crippen MR) is 127 cm³/mol. The molecule has 0 aliphatic carbocycles. The van der Waals surface area contributed by atoms with Crippen LogP contribution in [0.15, 0.2) is 66.9 Å². The predicted octanol–water partition coefficient (Wildman–Crippen LogP) is 2.93. The first-order valence-electron chi connectivity index (χ1n) is 10.8. The van der Waals surface area contributed by atoms with Crippen molar-refractivity contribution in [2.75, 3.05) is 31.2 Å². The van der Waals surface area contributed by atoms with E-state index in [1.165, 1.54) is 17.8 Å². The van der Waals surface area contributed by atoms with Crippen LogP contribution in [0.25, 0.3) is 0 Å². The number of rotatable bonds is 8. The second kappa shape index (κ2) is 10.1. The molecule has 1 aliphatic rings. The summed E-state index contributed by atoms with van der Waals surface area (Å²) in [5, 5.41) is 5.70. The van der Waals surface area contributed by atoms with Gasteiger partial charge in [0.25, 0.3) is 11.8 Å². The van der Waals surface area contributed by atoms with Gasteiger partial charge in [0.15, 0.2) is 0 Å². The number of ether oxygens (including phenoxy) is 1. The van der Waals surface area contributed by atoms with Gasteiger partial charge in [0.1, 0.15) is 11.4 Å². The van der Waals surface area contributed by atoms with E-state index in [-0.39, 0.29) is 17.5 Å². The third-order valence-electron chi connectivity index (χ3n) is 5.78. The molecule has 170 valence electrons. The van der Waals surface area contributed by atoms with Gasteiger partial charge >= 0.3 is 0 Å². The number of nitrogen functional groups attached to an aromatic ring is 1. The van der Waals surface area contributed by atoms with E-state index >= 15 is 0 Å². The molecule has 3 aromatic rings. The van der Waals surface area contributed by atoms with Crippen molar-refractivity contribution in [3.63, 3.8) is 0 Å². The Morgan fingerprint density at radius 3 is 2.52 bits per heavy atom. The number of aromatic nitrogens is 1. The molecule has 2 amide bonds. The molecule has 0 spiro atoms. The topological polar surface area (TPSA) is 110 Å². The van der Waals surface area contributed by atoms with Gasteiger partial charge in [-0.25, -0.2) is 0 Å². The highest BCUT2D eigenvalue weighted by Crippen LogP contribution is 2.21. The van der Waals surface area contributed by atoms with Crippen LogP contribution in [0.4, 0.5) is 11.4 Å². The summed E-state index contributed by atoms with van der Waals surface area (Å²) in [6, 6.07) is 18.4. The minimum atomic E-state index is -0.386. The van der Waals surface area contributed by atoms with Crippen LogP contribution in [0.3, 0.4) is 0 Å². The molecule has 2 heterocycles. The molecule has 1 aliphatic heterocycles. The number of para-hydroxylation sites is 2. The van der Waals surface area contributed by atoms with E-state index in [1.54, 1.807) is 37.4 Å². The van der Waals surface area contributed by atoms with Crippen molar-refractivity contribution in [2.24, 2.45) is 0 Å². The molecule has 1 saturated heterocycles. The molecule has 1 fully saturated rings. The first-order valence-corrected chi connectivity index (χ1v) is 10.8. The van der Waals surface area contributed by atoms with Crippen molar-refractivity contribution in [2.45, 2.75) is 19.0 Å². The lowest BCUT2D eigenvalue weighted by atomic mass is 10.0. The Morgan fingerprint density at radius 2 is 1.88 bits per heavy atom. The number of nitrogens with two attached hydrogens (primary N) is 1. The van der Waals surface area contributed by atoms with Crippen molar-refractivity contribution >= 4 is 23.2 Å². The third-order valence-corrected chi connectivity index (χ3v) is 5.78. The fourth-order valence-corrected chi connectivity index (χ4v) is 3.67. The van der Waals surface area contributed by atoms with E-state index in [9.17, 15) is 9.59 Å². The summed E-state index contributed by atoms with van der Waals surface area (Å²) in [6.07, 6.45) is 2.45. The van der Waals surface area contributed by atoms with E-state index in [2.05, 4.69) is 32.7 Å². The lowest BCUT2D eigenvalue weighted by Crippen LogP contribution is -2.52. The fourth-order valence-electron chi connectivity index (χ4n) is 3.67. The Morgan fingerprint density at radius 1 is 1.09 bits per heavy atom. The summed E-state index contributed by atoms with van der Waals surface area (Å²) in [7, 11) is 1.65. The van der Waals surface area contributed by atoms with E-state index in [0.29, 0.717) is 29.5 Å². The van der Waals surface area contributed by atoms with Crippen molar-refractivity contribution in [3.05, 3.63) is 83.7 Å². The van der Waals surface area contributed by atoms with Gasteiger partial charge < -0.3 is 21.1 Å². The maximum Gasteiger partial charge on any atom is 0.274 e. The second-order valence-corrected chi connectivity index (χ2v) is 7.94. The number of likely N-dealkylation sites (tertiary alicyclic amines) is 1. The zero-order valence-electron chi connectivity index (χ0n) is 18.5. The Bertz CT molecular complexity index is 1120. The maximum atomic E-state index is 12.5. The summed E-state index contributed by atoms with van der Waals surface area (Å²) in [5.41, 5.74) is 8.67. The van der Waals surface area contributed by atoms with Gasteiger partial charge in [0.2, 0.25) is 0 Å². The molecule has 4 N–H and O–H groups in total. The summed E-state index contributed by atoms with van der Waals surface area (Å²) in [5.74, 6) is 0.244. The van der Waals surface area contributed by atoms with E-state index < -0.39 is 0 Å². The highest BCUT2D eigenvalue weighted by atomic mass is 16.5. The molecule has 1 atom stereocenters. The van der Waals surface area contributed by atoms with Crippen LogP contribution in [0.5, 0.6) is 5.75 Å². The van der Waals surface area contributed by atoms with Crippen LogP contribution >= 0.6 is 0 Å². The standard InChI is InChI=1S/C25H27N5O3/c1-33-20-9-6-17(7-10-20)16-30-13-12-19(30)15-28-24(31)18-8-11-23(27-14-18)25(32)29-22-5-3-2-4-21(22)26/h2-11,14,19H,12-13,15-16,26H2,1H3,(H,28,31)(H,29,32). The normalized spacial score (nSPS) is 15.4. The number of amides is 2. The van der Waals surface area contributed by atoms with E-state index in [1.807, 2.05) is 12.1 Å². The van der Waals surface area contributed by atoms with Gasteiger partial charge in [-0.2, -0.15) is 0 Å². The van der Waals surface area contributed by atoms with Crippen LogP contribution in [0.1, 0.15) is 32.8 Å². The fraction of sp³-hybridized carbons (Fsp3) is 0.240. The molecule has 8 nitrogen and oxygen atoms in total. The van der Waals surface area contributed by atoms with Crippen molar-refractivity contribution < 1.29 is 14.3 Å².